The summed E-state index contributed by atoms with van der Waals surface area (Å²) >= 11 is 0. The lowest BCUT2D eigenvalue weighted by Gasteiger charge is -2.19. The number of guanidine groups is 1. The van der Waals surface area contributed by atoms with Crippen LogP contribution in [-0.2, 0) is 6.42 Å². The van der Waals surface area contributed by atoms with Gasteiger partial charge in [-0.15, -0.1) is 24.0 Å². The second kappa shape index (κ2) is 10.3. The topological polar surface area (TPSA) is 65.7 Å². The predicted molar refractivity (Wildman–Crippen MR) is 105 cm³/mol. The number of hydrogen-bond donors (Lipinski definition) is 2. The summed E-state index contributed by atoms with van der Waals surface area (Å²) in [4.78, 5) is 5.94. The van der Waals surface area contributed by atoms with Crippen LogP contribution in [-0.4, -0.2) is 61.0 Å². The number of aliphatic imine (C=N–C) groups is 1. The summed E-state index contributed by atoms with van der Waals surface area (Å²) in [7, 11) is 0. The second-order valence-electron chi connectivity index (χ2n) is 6.29. The number of rotatable bonds is 6. The molecule has 6 nitrogen and oxygen atoms in total. The Labute approximate surface area is 169 Å². The fourth-order valence-corrected chi connectivity index (χ4v) is 3.00. The molecule has 150 valence electrons. The lowest BCUT2D eigenvalue weighted by atomic mass is 10.1. The first-order chi connectivity index (χ1) is 11.8. The molecule has 0 radical (unpaired) electrons. The van der Waals surface area contributed by atoms with E-state index in [-0.39, 0.29) is 30.0 Å². The first-order valence-electron chi connectivity index (χ1n) is 8.54. The van der Waals surface area contributed by atoms with E-state index in [1.165, 1.54) is 4.90 Å². The molecular formula is C16H27F3IN5O. The molecule has 0 aliphatic carbocycles. The Hall–Kier alpha value is -1.04. The zero-order valence-corrected chi connectivity index (χ0v) is 17.6. The molecule has 1 unspecified atom stereocenters. The van der Waals surface area contributed by atoms with Crippen LogP contribution in [0.4, 0.5) is 13.2 Å². The lowest BCUT2D eigenvalue weighted by molar-refractivity contribution is -0.143. The fraction of sp³-hybridized carbons (Fsp3) is 0.750. The summed E-state index contributed by atoms with van der Waals surface area (Å²) < 4.78 is 42.6. The Morgan fingerprint density at radius 1 is 1.38 bits per heavy atom. The van der Waals surface area contributed by atoms with Gasteiger partial charge in [0.1, 0.15) is 5.76 Å². The Balaban J connectivity index is 0.00000338. The standard InChI is InChI=1S/C16H26F3N5O.HI/c1-4-20-15(21-7-5-14-11(2)23-25-12(14)3)22-13-6-8-24(9-13)10-16(17,18)19;/h13H,4-10H2,1-3H3,(H2,20,21,22);1H. The molecule has 0 spiro atoms. The molecule has 0 saturated carbocycles. The average Bonchev–Trinajstić information content (AvgIpc) is 3.06. The van der Waals surface area contributed by atoms with Crippen LogP contribution in [0.3, 0.4) is 0 Å². The van der Waals surface area contributed by atoms with Gasteiger partial charge in [-0.25, -0.2) is 0 Å². The number of aromatic nitrogens is 1. The molecule has 1 fully saturated rings. The summed E-state index contributed by atoms with van der Waals surface area (Å²) in [5, 5.41) is 10.3. The monoisotopic (exact) mass is 489 g/mol. The van der Waals surface area contributed by atoms with E-state index in [2.05, 4.69) is 20.8 Å². The van der Waals surface area contributed by atoms with Crippen molar-refractivity contribution < 1.29 is 17.7 Å². The molecule has 0 amide bonds. The van der Waals surface area contributed by atoms with Gasteiger partial charge in [0.05, 0.1) is 12.2 Å². The highest BCUT2D eigenvalue weighted by Crippen LogP contribution is 2.20. The third-order valence-corrected chi connectivity index (χ3v) is 4.17. The average molecular weight is 489 g/mol. The molecular weight excluding hydrogens is 462 g/mol. The van der Waals surface area contributed by atoms with Gasteiger partial charge in [-0.2, -0.15) is 13.2 Å². The van der Waals surface area contributed by atoms with Crippen molar-refractivity contribution in [3.8, 4) is 0 Å². The number of nitrogens with one attached hydrogen (secondary N) is 2. The van der Waals surface area contributed by atoms with Crippen LogP contribution >= 0.6 is 24.0 Å². The molecule has 1 aromatic rings. The Morgan fingerprint density at radius 2 is 2.12 bits per heavy atom. The number of hydrogen-bond acceptors (Lipinski definition) is 4. The quantitative estimate of drug-likeness (QED) is 0.366. The molecule has 26 heavy (non-hydrogen) atoms. The summed E-state index contributed by atoms with van der Waals surface area (Å²) in [5.41, 5.74) is 1.92. The van der Waals surface area contributed by atoms with Crippen LogP contribution in [0, 0.1) is 13.8 Å². The van der Waals surface area contributed by atoms with E-state index < -0.39 is 12.7 Å². The maximum Gasteiger partial charge on any atom is 0.401 e. The summed E-state index contributed by atoms with van der Waals surface area (Å²) in [6, 6.07) is -0.0285. The van der Waals surface area contributed by atoms with Gasteiger partial charge in [-0.1, -0.05) is 5.16 Å². The Bertz CT molecular complexity index is 571. The number of aryl methyl sites for hydroxylation is 2. The molecule has 0 aromatic carbocycles. The van der Waals surface area contributed by atoms with E-state index in [9.17, 15) is 13.2 Å². The first kappa shape index (κ1) is 23.0. The minimum Gasteiger partial charge on any atom is -0.361 e. The van der Waals surface area contributed by atoms with E-state index in [1.54, 1.807) is 0 Å². The number of halogens is 4. The maximum atomic E-state index is 12.5. The van der Waals surface area contributed by atoms with Crippen molar-refractivity contribution in [1.29, 1.82) is 0 Å². The molecule has 0 bridgehead atoms. The highest BCUT2D eigenvalue weighted by Gasteiger charge is 2.34. The van der Waals surface area contributed by atoms with Crippen molar-refractivity contribution in [3.05, 3.63) is 17.0 Å². The highest BCUT2D eigenvalue weighted by atomic mass is 127. The second-order valence-corrected chi connectivity index (χ2v) is 6.29. The number of nitrogens with zero attached hydrogens (tertiary/aromatic N) is 3. The van der Waals surface area contributed by atoms with E-state index in [0.717, 1.165) is 17.0 Å². The maximum absolute atomic E-state index is 12.5. The number of likely N-dealkylation sites (tertiary alicyclic amines) is 1. The van der Waals surface area contributed by atoms with E-state index in [1.807, 2.05) is 20.8 Å². The zero-order valence-electron chi connectivity index (χ0n) is 15.3. The number of alkyl halides is 3. The van der Waals surface area contributed by atoms with E-state index in [4.69, 9.17) is 4.52 Å². The molecule has 2 rings (SSSR count). The van der Waals surface area contributed by atoms with Crippen LogP contribution in [0.1, 0.15) is 30.4 Å². The van der Waals surface area contributed by atoms with Gasteiger partial charge in [0.2, 0.25) is 0 Å². The van der Waals surface area contributed by atoms with Gasteiger partial charge in [0, 0.05) is 37.8 Å². The molecule has 10 heteroatoms. The van der Waals surface area contributed by atoms with Crippen molar-refractivity contribution in [1.82, 2.24) is 20.7 Å². The van der Waals surface area contributed by atoms with Gasteiger partial charge in [-0.3, -0.25) is 9.89 Å². The third-order valence-electron chi connectivity index (χ3n) is 4.17. The zero-order chi connectivity index (χ0) is 18.4. The summed E-state index contributed by atoms with van der Waals surface area (Å²) in [5.74, 6) is 1.43. The van der Waals surface area contributed by atoms with Crippen LogP contribution in [0.15, 0.2) is 9.52 Å². The molecule has 1 aromatic heterocycles. The van der Waals surface area contributed by atoms with Gasteiger partial charge >= 0.3 is 6.18 Å². The third kappa shape index (κ3) is 7.29. The molecule has 1 saturated heterocycles. The summed E-state index contributed by atoms with van der Waals surface area (Å²) in [6.45, 7) is 6.92. The summed E-state index contributed by atoms with van der Waals surface area (Å²) in [6.07, 6.45) is -2.77. The normalized spacial score (nSPS) is 18.7. The van der Waals surface area contributed by atoms with Crippen molar-refractivity contribution in [2.75, 3.05) is 32.7 Å². The fourth-order valence-electron chi connectivity index (χ4n) is 3.00. The highest BCUT2D eigenvalue weighted by molar-refractivity contribution is 14.0. The molecule has 1 aliphatic rings. The largest absolute Gasteiger partial charge is 0.401 e. The Kier molecular flexibility index (Phi) is 9.14. The Morgan fingerprint density at radius 3 is 2.69 bits per heavy atom. The molecule has 1 aliphatic heterocycles. The van der Waals surface area contributed by atoms with Crippen LogP contribution in [0.2, 0.25) is 0 Å². The molecule has 1 atom stereocenters. The molecule has 2 heterocycles. The van der Waals surface area contributed by atoms with Crippen molar-refractivity contribution in [2.24, 2.45) is 4.99 Å². The smallest absolute Gasteiger partial charge is 0.361 e. The first-order valence-corrected chi connectivity index (χ1v) is 8.54. The van der Waals surface area contributed by atoms with Crippen molar-refractivity contribution >= 4 is 29.9 Å². The molecule has 2 N–H and O–H groups in total. The SMILES string of the molecule is CCNC(=NCCc1c(C)noc1C)NC1CCN(CC(F)(F)F)C1.I. The minimum absolute atomic E-state index is 0. The van der Waals surface area contributed by atoms with E-state index in [0.29, 0.717) is 45.0 Å². The minimum atomic E-state index is -4.15. The van der Waals surface area contributed by atoms with E-state index >= 15 is 0 Å². The van der Waals surface area contributed by atoms with Gasteiger partial charge in [-0.05, 0) is 33.6 Å². The van der Waals surface area contributed by atoms with Crippen LogP contribution in [0.25, 0.3) is 0 Å². The lowest BCUT2D eigenvalue weighted by Crippen LogP contribution is -2.45. The van der Waals surface area contributed by atoms with Crippen molar-refractivity contribution in [2.45, 2.75) is 45.8 Å². The predicted octanol–water partition coefficient (Wildman–Crippen LogP) is 2.64. The van der Waals surface area contributed by atoms with Crippen LogP contribution < -0.4 is 10.6 Å². The van der Waals surface area contributed by atoms with Crippen LogP contribution in [0.5, 0.6) is 0 Å². The van der Waals surface area contributed by atoms with Gasteiger partial charge < -0.3 is 15.2 Å². The van der Waals surface area contributed by atoms with Gasteiger partial charge in [0.15, 0.2) is 5.96 Å². The van der Waals surface area contributed by atoms with Gasteiger partial charge in [0.25, 0.3) is 0 Å². The van der Waals surface area contributed by atoms with Crippen molar-refractivity contribution in [3.63, 3.8) is 0 Å².